The van der Waals surface area contributed by atoms with Crippen LogP contribution in [-0.4, -0.2) is 12.5 Å². The monoisotopic (exact) mass is 258 g/mol. The van der Waals surface area contributed by atoms with E-state index in [1.807, 2.05) is 37.4 Å². The number of halogens is 1. The lowest BCUT2D eigenvalue weighted by atomic mass is 10.0. The van der Waals surface area contributed by atoms with Crippen LogP contribution in [0.1, 0.15) is 11.6 Å². The third-order valence-corrected chi connectivity index (χ3v) is 3.94. The van der Waals surface area contributed by atoms with E-state index in [4.69, 9.17) is 11.6 Å². The number of nitrogens with zero attached hydrogens (tertiary/aromatic N) is 1. The summed E-state index contributed by atoms with van der Waals surface area (Å²) in [5.41, 5.74) is 3.39. The SMILES string of the molecule is CN1c2ccccc2NC(c2ccccc2)C1Cl. The van der Waals surface area contributed by atoms with Crippen LogP contribution in [0.4, 0.5) is 11.4 Å². The summed E-state index contributed by atoms with van der Waals surface area (Å²) in [6, 6.07) is 18.7. The molecule has 18 heavy (non-hydrogen) atoms. The molecule has 0 saturated heterocycles. The van der Waals surface area contributed by atoms with E-state index in [0.717, 1.165) is 11.4 Å². The molecule has 1 aliphatic heterocycles. The van der Waals surface area contributed by atoms with E-state index in [1.165, 1.54) is 5.56 Å². The minimum absolute atomic E-state index is 0.0951. The highest BCUT2D eigenvalue weighted by Crippen LogP contribution is 2.39. The number of alkyl halides is 1. The molecule has 92 valence electrons. The van der Waals surface area contributed by atoms with Gasteiger partial charge in [0, 0.05) is 7.05 Å². The van der Waals surface area contributed by atoms with Gasteiger partial charge in [0.2, 0.25) is 0 Å². The predicted molar refractivity (Wildman–Crippen MR) is 77.3 cm³/mol. The lowest BCUT2D eigenvalue weighted by Gasteiger charge is -2.39. The molecule has 2 aromatic carbocycles. The van der Waals surface area contributed by atoms with Gasteiger partial charge in [0.15, 0.2) is 0 Å². The van der Waals surface area contributed by atoms with Crippen molar-refractivity contribution in [2.24, 2.45) is 0 Å². The molecule has 0 fully saturated rings. The van der Waals surface area contributed by atoms with Gasteiger partial charge in [-0.2, -0.15) is 0 Å². The molecule has 1 N–H and O–H groups in total. The number of anilines is 2. The Morgan fingerprint density at radius 1 is 1.00 bits per heavy atom. The number of nitrogens with one attached hydrogen (secondary N) is 1. The Kier molecular flexibility index (Phi) is 2.88. The third kappa shape index (κ3) is 1.83. The molecule has 3 heteroatoms. The molecular formula is C15H15ClN2. The number of para-hydroxylation sites is 2. The summed E-state index contributed by atoms with van der Waals surface area (Å²) < 4.78 is 0. The molecule has 0 spiro atoms. The maximum absolute atomic E-state index is 6.56. The van der Waals surface area contributed by atoms with Crippen LogP contribution in [0.2, 0.25) is 0 Å². The smallest absolute Gasteiger partial charge is 0.128 e. The van der Waals surface area contributed by atoms with Crippen LogP contribution in [-0.2, 0) is 0 Å². The molecule has 0 saturated carbocycles. The van der Waals surface area contributed by atoms with Crippen LogP contribution in [0.15, 0.2) is 54.6 Å². The highest BCUT2D eigenvalue weighted by atomic mass is 35.5. The van der Waals surface area contributed by atoms with Gasteiger partial charge >= 0.3 is 0 Å². The maximum atomic E-state index is 6.56. The summed E-state index contributed by atoms with van der Waals surface area (Å²) in [5, 5.41) is 3.52. The molecule has 0 radical (unpaired) electrons. The number of likely N-dealkylation sites (N-methyl/N-ethyl adjacent to an activating group) is 1. The number of fused-ring (bicyclic) bond motifs is 1. The zero-order valence-corrected chi connectivity index (χ0v) is 10.9. The van der Waals surface area contributed by atoms with Gasteiger partial charge < -0.3 is 10.2 Å². The van der Waals surface area contributed by atoms with Crippen molar-refractivity contribution in [2.75, 3.05) is 17.3 Å². The summed E-state index contributed by atoms with van der Waals surface area (Å²) in [5.74, 6) is 0. The second-order valence-corrected chi connectivity index (χ2v) is 4.98. The fourth-order valence-electron chi connectivity index (χ4n) is 2.40. The van der Waals surface area contributed by atoms with Crippen LogP contribution < -0.4 is 10.2 Å². The molecule has 0 bridgehead atoms. The van der Waals surface area contributed by atoms with E-state index >= 15 is 0 Å². The summed E-state index contributed by atoms with van der Waals surface area (Å²) in [6.07, 6.45) is 0. The fourth-order valence-corrected chi connectivity index (χ4v) is 2.71. The second kappa shape index (κ2) is 4.54. The van der Waals surface area contributed by atoms with Gasteiger partial charge in [-0.1, -0.05) is 54.1 Å². The van der Waals surface area contributed by atoms with Gasteiger partial charge in [0.25, 0.3) is 0 Å². The maximum Gasteiger partial charge on any atom is 0.128 e. The van der Waals surface area contributed by atoms with Crippen LogP contribution >= 0.6 is 11.6 Å². The molecule has 2 unspecified atom stereocenters. The van der Waals surface area contributed by atoms with Gasteiger partial charge in [0.1, 0.15) is 5.50 Å². The van der Waals surface area contributed by atoms with Gasteiger partial charge in [-0.3, -0.25) is 0 Å². The van der Waals surface area contributed by atoms with E-state index < -0.39 is 0 Å². The standard InChI is InChI=1S/C15H15ClN2/c1-18-13-10-6-5-9-12(13)17-14(15(18)16)11-7-3-2-4-8-11/h2-10,14-15,17H,1H3. The van der Waals surface area contributed by atoms with Crippen molar-refractivity contribution >= 4 is 23.0 Å². The molecular weight excluding hydrogens is 244 g/mol. The summed E-state index contributed by atoms with van der Waals surface area (Å²) in [7, 11) is 2.04. The second-order valence-electron chi connectivity index (χ2n) is 4.53. The van der Waals surface area contributed by atoms with E-state index in [0.29, 0.717) is 0 Å². The van der Waals surface area contributed by atoms with Crippen molar-refractivity contribution in [1.82, 2.24) is 0 Å². The average Bonchev–Trinajstić information content (AvgIpc) is 2.44. The van der Waals surface area contributed by atoms with Gasteiger partial charge in [-0.05, 0) is 17.7 Å². The zero-order valence-electron chi connectivity index (χ0n) is 10.2. The van der Waals surface area contributed by atoms with Gasteiger partial charge in [-0.15, -0.1) is 0 Å². The van der Waals surface area contributed by atoms with Crippen LogP contribution in [0.5, 0.6) is 0 Å². The van der Waals surface area contributed by atoms with E-state index in [1.54, 1.807) is 0 Å². The summed E-state index contributed by atoms with van der Waals surface area (Å²) in [6.45, 7) is 0. The van der Waals surface area contributed by atoms with E-state index in [2.05, 4.69) is 34.5 Å². The number of hydrogen-bond acceptors (Lipinski definition) is 2. The first-order chi connectivity index (χ1) is 8.77. The quantitative estimate of drug-likeness (QED) is 0.617. The third-order valence-electron chi connectivity index (χ3n) is 3.40. The molecule has 1 aliphatic rings. The van der Waals surface area contributed by atoms with E-state index in [9.17, 15) is 0 Å². The Bertz CT molecular complexity index is 541. The lowest BCUT2D eigenvalue weighted by molar-refractivity contribution is 0.672. The molecule has 3 rings (SSSR count). The Hall–Kier alpha value is -1.67. The van der Waals surface area contributed by atoms with Gasteiger partial charge in [-0.25, -0.2) is 0 Å². The highest BCUT2D eigenvalue weighted by Gasteiger charge is 2.30. The van der Waals surface area contributed by atoms with Crippen molar-refractivity contribution < 1.29 is 0 Å². The Balaban J connectivity index is 2.01. The predicted octanol–water partition coefficient (Wildman–Crippen LogP) is 3.85. The molecule has 0 aromatic heterocycles. The normalized spacial score (nSPS) is 22.2. The van der Waals surface area contributed by atoms with Crippen molar-refractivity contribution in [2.45, 2.75) is 11.5 Å². The van der Waals surface area contributed by atoms with Crippen LogP contribution in [0, 0.1) is 0 Å². The zero-order chi connectivity index (χ0) is 12.5. The molecule has 2 nitrogen and oxygen atoms in total. The number of benzene rings is 2. The van der Waals surface area contributed by atoms with Crippen LogP contribution in [0.3, 0.4) is 0 Å². The number of rotatable bonds is 1. The van der Waals surface area contributed by atoms with Gasteiger partial charge in [0.05, 0.1) is 17.4 Å². The molecule has 1 heterocycles. The van der Waals surface area contributed by atoms with Crippen LogP contribution in [0.25, 0.3) is 0 Å². The Morgan fingerprint density at radius 3 is 2.44 bits per heavy atom. The van der Waals surface area contributed by atoms with Crippen molar-refractivity contribution in [1.29, 1.82) is 0 Å². The first-order valence-corrected chi connectivity index (χ1v) is 6.48. The van der Waals surface area contributed by atoms with E-state index in [-0.39, 0.29) is 11.5 Å². The minimum atomic E-state index is -0.0951. The average molecular weight is 259 g/mol. The Labute approximate surface area is 112 Å². The molecule has 2 aromatic rings. The van der Waals surface area contributed by atoms with Crippen molar-refractivity contribution in [3.63, 3.8) is 0 Å². The first kappa shape index (κ1) is 11.4. The Morgan fingerprint density at radius 2 is 1.67 bits per heavy atom. The first-order valence-electron chi connectivity index (χ1n) is 6.05. The highest BCUT2D eigenvalue weighted by molar-refractivity contribution is 6.23. The largest absolute Gasteiger partial charge is 0.373 e. The summed E-state index contributed by atoms with van der Waals surface area (Å²) in [4.78, 5) is 2.12. The van der Waals surface area contributed by atoms with Crippen molar-refractivity contribution in [3.8, 4) is 0 Å². The minimum Gasteiger partial charge on any atom is -0.373 e. The van der Waals surface area contributed by atoms with Crippen molar-refractivity contribution in [3.05, 3.63) is 60.2 Å². The molecule has 0 amide bonds. The summed E-state index contributed by atoms with van der Waals surface area (Å²) >= 11 is 6.56. The lowest BCUT2D eigenvalue weighted by Crippen LogP contribution is -2.40. The number of hydrogen-bond donors (Lipinski definition) is 1. The molecule has 2 atom stereocenters. The topological polar surface area (TPSA) is 15.3 Å². The molecule has 0 aliphatic carbocycles. The fraction of sp³-hybridized carbons (Fsp3) is 0.200.